The Morgan fingerprint density at radius 3 is 2.44 bits per heavy atom. The number of benzene rings is 1. The van der Waals surface area contributed by atoms with Gasteiger partial charge in [-0.2, -0.15) is 0 Å². The molecule has 0 amide bonds. The average molecular weight is 242 g/mol. The Labute approximate surface area is 102 Å². The zero-order chi connectivity index (χ0) is 10.7. The molecule has 0 aliphatic carbocycles. The lowest BCUT2D eigenvalue weighted by Gasteiger charge is -2.42. The van der Waals surface area contributed by atoms with Gasteiger partial charge in [0.25, 0.3) is 0 Å². The van der Waals surface area contributed by atoms with Gasteiger partial charge in [0, 0.05) is 18.5 Å². The predicted molar refractivity (Wildman–Crippen MR) is 64.9 cm³/mol. The molecule has 0 atom stereocenters. The molecule has 1 fully saturated rings. The molecule has 1 aliphatic rings. The maximum Gasteiger partial charge on any atom is 0.306 e. The molecule has 1 heterocycles. The Kier molecular flexibility index (Phi) is 4.33. The highest BCUT2D eigenvalue weighted by atomic mass is 35.5. The van der Waals surface area contributed by atoms with Gasteiger partial charge in [-0.05, 0) is 5.56 Å². The summed E-state index contributed by atoms with van der Waals surface area (Å²) in [5.41, 5.74) is 1.17. The van der Waals surface area contributed by atoms with Crippen molar-refractivity contribution in [2.45, 2.75) is 11.8 Å². The standard InChI is InChI=1S/C12H15NO2.ClH/c1-15-11(14)7-12(8-13-9-12)10-5-3-2-4-6-10;/h2-6,13H,7-9H2,1H3;1H. The van der Waals surface area contributed by atoms with E-state index < -0.39 is 0 Å². The maximum atomic E-state index is 11.3. The molecule has 1 aromatic carbocycles. The number of esters is 1. The van der Waals surface area contributed by atoms with Crippen LogP contribution in [-0.2, 0) is 14.9 Å². The van der Waals surface area contributed by atoms with E-state index in [1.165, 1.54) is 12.7 Å². The second-order valence-corrected chi connectivity index (χ2v) is 4.00. The van der Waals surface area contributed by atoms with Crippen molar-refractivity contribution in [1.82, 2.24) is 5.32 Å². The van der Waals surface area contributed by atoms with E-state index in [1.54, 1.807) is 0 Å². The molecule has 88 valence electrons. The molecule has 4 heteroatoms. The van der Waals surface area contributed by atoms with Crippen LogP contribution < -0.4 is 5.32 Å². The van der Waals surface area contributed by atoms with Crippen LogP contribution >= 0.6 is 12.4 Å². The highest BCUT2D eigenvalue weighted by Crippen LogP contribution is 2.32. The van der Waals surface area contributed by atoms with Gasteiger partial charge >= 0.3 is 5.97 Å². The molecule has 2 rings (SSSR count). The third kappa shape index (κ3) is 2.36. The molecule has 0 bridgehead atoms. The minimum atomic E-state index is -0.139. The molecular formula is C12H16ClNO2. The molecule has 0 aromatic heterocycles. The van der Waals surface area contributed by atoms with Crippen molar-refractivity contribution in [3.05, 3.63) is 35.9 Å². The predicted octanol–water partition coefficient (Wildman–Crippen LogP) is 1.51. The van der Waals surface area contributed by atoms with Crippen molar-refractivity contribution in [3.63, 3.8) is 0 Å². The molecule has 0 radical (unpaired) electrons. The van der Waals surface area contributed by atoms with Crippen molar-refractivity contribution < 1.29 is 9.53 Å². The normalized spacial score (nSPS) is 16.8. The van der Waals surface area contributed by atoms with Crippen molar-refractivity contribution in [3.8, 4) is 0 Å². The third-order valence-corrected chi connectivity index (χ3v) is 3.02. The van der Waals surface area contributed by atoms with E-state index >= 15 is 0 Å². The second-order valence-electron chi connectivity index (χ2n) is 4.00. The van der Waals surface area contributed by atoms with Gasteiger partial charge in [-0.3, -0.25) is 4.79 Å². The van der Waals surface area contributed by atoms with E-state index in [2.05, 4.69) is 17.4 Å². The Bertz CT molecular complexity index is 349. The molecule has 1 N–H and O–H groups in total. The first-order chi connectivity index (χ1) is 7.27. The quantitative estimate of drug-likeness (QED) is 0.816. The molecule has 0 spiro atoms. The van der Waals surface area contributed by atoms with Crippen LogP contribution in [0.3, 0.4) is 0 Å². The Morgan fingerprint density at radius 1 is 1.38 bits per heavy atom. The summed E-state index contributed by atoms with van der Waals surface area (Å²) in [5.74, 6) is -0.139. The number of carbonyl (C=O) groups excluding carboxylic acids is 1. The second kappa shape index (κ2) is 5.32. The maximum absolute atomic E-state index is 11.3. The summed E-state index contributed by atoms with van der Waals surface area (Å²) in [7, 11) is 1.44. The van der Waals surface area contributed by atoms with Crippen LogP contribution in [0.1, 0.15) is 12.0 Å². The van der Waals surface area contributed by atoms with E-state index in [0.717, 1.165) is 13.1 Å². The molecule has 1 saturated heterocycles. The van der Waals surface area contributed by atoms with Crippen molar-refractivity contribution in [2.75, 3.05) is 20.2 Å². The van der Waals surface area contributed by atoms with E-state index in [4.69, 9.17) is 4.74 Å². The molecule has 1 aliphatic heterocycles. The molecule has 16 heavy (non-hydrogen) atoms. The fourth-order valence-corrected chi connectivity index (χ4v) is 2.00. The average Bonchev–Trinajstić information content (AvgIpc) is 2.24. The number of halogens is 1. The van der Waals surface area contributed by atoms with E-state index in [9.17, 15) is 4.79 Å². The minimum Gasteiger partial charge on any atom is -0.469 e. The first-order valence-electron chi connectivity index (χ1n) is 5.10. The van der Waals surface area contributed by atoms with Crippen LogP contribution in [0.2, 0.25) is 0 Å². The van der Waals surface area contributed by atoms with Gasteiger partial charge < -0.3 is 10.1 Å². The SMILES string of the molecule is COC(=O)CC1(c2ccccc2)CNC1.Cl. The van der Waals surface area contributed by atoms with Gasteiger partial charge in [0.05, 0.1) is 13.5 Å². The zero-order valence-corrected chi connectivity index (χ0v) is 10.0. The fourth-order valence-electron chi connectivity index (χ4n) is 2.00. The Morgan fingerprint density at radius 2 is 2.00 bits per heavy atom. The lowest BCUT2D eigenvalue weighted by molar-refractivity contribution is -0.142. The topological polar surface area (TPSA) is 38.3 Å². The summed E-state index contributed by atoms with van der Waals surface area (Å²) in [5, 5.41) is 3.22. The number of ether oxygens (including phenoxy) is 1. The van der Waals surface area contributed by atoms with Crippen LogP contribution in [0.4, 0.5) is 0 Å². The summed E-state index contributed by atoms with van der Waals surface area (Å²) in [6.45, 7) is 1.71. The van der Waals surface area contributed by atoms with E-state index in [0.29, 0.717) is 6.42 Å². The largest absolute Gasteiger partial charge is 0.469 e. The minimum absolute atomic E-state index is 0. The van der Waals surface area contributed by atoms with Crippen LogP contribution in [0, 0.1) is 0 Å². The molecule has 3 nitrogen and oxygen atoms in total. The lowest BCUT2D eigenvalue weighted by atomic mass is 9.73. The van der Waals surface area contributed by atoms with Crippen molar-refractivity contribution in [2.24, 2.45) is 0 Å². The highest BCUT2D eigenvalue weighted by molar-refractivity contribution is 5.85. The monoisotopic (exact) mass is 241 g/mol. The van der Waals surface area contributed by atoms with Crippen LogP contribution in [0.15, 0.2) is 30.3 Å². The highest BCUT2D eigenvalue weighted by Gasteiger charge is 2.40. The Balaban J connectivity index is 0.00000128. The Hall–Kier alpha value is -1.06. The van der Waals surface area contributed by atoms with Crippen molar-refractivity contribution in [1.29, 1.82) is 0 Å². The van der Waals surface area contributed by atoms with Gasteiger partial charge in [-0.25, -0.2) is 0 Å². The first kappa shape index (κ1) is 13.0. The number of rotatable bonds is 3. The van der Waals surface area contributed by atoms with E-state index in [1.807, 2.05) is 18.2 Å². The lowest BCUT2D eigenvalue weighted by Crippen LogP contribution is -2.57. The summed E-state index contributed by atoms with van der Waals surface area (Å²) in [4.78, 5) is 11.3. The van der Waals surface area contributed by atoms with Gasteiger partial charge in [0.15, 0.2) is 0 Å². The van der Waals surface area contributed by atoms with Crippen LogP contribution in [0.5, 0.6) is 0 Å². The van der Waals surface area contributed by atoms with Crippen LogP contribution in [-0.4, -0.2) is 26.2 Å². The molecule has 0 saturated carbocycles. The number of hydrogen-bond acceptors (Lipinski definition) is 3. The number of hydrogen-bond donors (Lipinski definition) is 1. The van der Waals surface area contributed by atoms with Gasteiger partial charge in [0.1, 0.15) is 0 Å². The molecule has 1 aromatic rings. The smallest absolute Gasteiger partial charge is 0.306 e. The fraction of sp³-hybridized carbons (Fsp3) is 0.417. The summed E-state index contributed by atoms with van der Waals surface area (Å²) < 4.78 is 4.74. The number of nitrogens with one attached hydrogen (secondary N) is 1. The van der Waals surface area contributed by atoms with Crippen LogP contribution in [0.25, 0.3) is 0 Å². The zero-order valence-electron chi connectivity index (χ0n) is 9.23. The van der Waals surface area contributed by atoms with Crippen molar-refractivity contribution >= 4 is 18.4 Å². The number of carbonyl (C=O) groups is 1. The van der Waals surface area contributed by atoms with Gasteiger partial charge in [0.2, 0.25) is 0 Å². The summed E-state index contributed by atoms with van der Waals surface area (Å²) >= 11 is 0. The summed E-state index contributed by atoms with van der Waals surface area (Å²) in [6, 6.07) is 10.1. The first-order valence-corrected chi connectivity index (χ1v) is 5.10. The molecular weight excluding hydrogens is 226 g/mol. The van der Waals surface area contributed by atoms with Gasteiger partial charge in [-0.15, -0.1) is 12.4 Å². The van der Waals surface area contributed by atoms with Gasteiger partial charge in [-0.1, -0.05) is 30.3 Å². The number of methoxy groups -OCH3 is 1. The van der Waals surface area contributed by atoms with E-state index in [-0.39, 0.29) is 23.8 Å². The molecule has 0 unspecified atom stereocenters. The summed E-state index contributed by atoms with van der Waals surface area (Å²) in [6.07, 6.45) is 0.459. The third-order valence-electron chi connectivity index (χ3n) is 3.02.